The van der Waals surface area contributed by atoms with Crippen LogP contribution in [0, 0.1) is 0 Å². The number of nitrogens with one attached hydrogen (secondary N) is 1. The highest BCUT2D eigenvalue weighted by Gasteiger charge is 2.10. The average Bonchev–Trinajstić information content (AvgIpc) is 3.21. The van der Waals surface area contributed by atoms with Crippen LogP contribution in [-0.2, 0) is 4.79 Å². The van der Waals surface area contributed by atoms with Crippen molar-refractivity contribution in [1.82, 2.24) is 20.6 Å². The monoisotopic (exact) mass is 415 g/mol. The number of benzene rings is 1. The van der Waals surface area contributed by atoms with Crippen LogP contribution in [0.3, 0.4) is 0 Å². The number of carbonyl (C=O) groups is 1. The maximum absolute atomic E-state index is 12.0. The third kappa shape index (κ3) is 5.05. The van der Waals surface area contributed by atoms with Crippen LogP contribution in [0.25, 0.3) is 10.7 Å². The maximum Gasteiger partial charge on any atom is 0.250 e. The lowest BCUT2D eigenvalue weighted by Gasteiger charge is -2.09. The summed E-state index contributed by atoms with van der Waals surface area (Å²) in [5.41, 5.74) is 3.94. The number of nitrogens with zero attached hydrogens (tertiary/aromatic N) is 4. The Labute approximate surface area is 170 Å². The summed E-state index contributed by atoms with van der Waals surface area (Å²) in [5, 5.41) is 12.9. The number of hydrogen-bond donors (Lipinski definition) is 1. The number of amides is 1. The normalized spacial score (nSPS) is 10.8. The van der Waals surface area contributed by atoms with E-state index in [1.807, 2.05) is 30.3 Å². The molecule has 2 heterocycles. The van der Waals surface area contributed by atoms with Crippen molar-refractivity contribution in [3.8, 4) is 22.2 Å². The fraction of sp³-hybridized carbons (Fsp3) is 0.167. The zero-order valence-electron chi connectivity index (χ0n) is 15.2. The van der Waals surface area contributed by atoms with Gasteiger partial charge in [-0.3, -0.25) is 9.78 Å². The summed E-state index contributed by atoms with van der Waals surface area (Å²) in [5.74, 6) is 1.06. The highest BCUT2D eigenvalue weighted by Crippen LogP contribution is 2.29. The minimum absolute atomic E-state index is 0.170. The summed E-state index contributed by atoms with van der Waals surface area (Å²) in [4.78, 5) is 16.2. The molecule has 0 unspecified atom stereocenters. The molecule has 1 aromatic carbocycles. The van der Waals surface area contributed by atoms with Gasteiger partial charge >= 0.3 is 0 Å². The summed E-state index contributed by atoms with van der Waals surface area (Å²) < 4.78 is 11.2. The molecular formula is C18H17N5O3S2. The zero-order valence-corrected chi connectivity index (χ0v) is 16.8. The number of hydrogen-bond acceptors (Lipinski definition) is 9. The predicted octanol–water partition coefficient (Wildman–Crippen LogP) is 2.86. The molecule has 0 radical (unpaired) electrons. The van der Waals surface area contributed by atoms with Crippen molar-refractivity contribution < 1.29 is 14.3 Å². The van der Waals surface area contributed by atoms with E-state index in [4.69, 9.17) is 9.47 Å². The third-order valence-corrected chi connectivity index (χ3v) is 5.52. The lowest BCUT2D eigenvalue weighted by atomic mass is 10.2. The summed E-state index contributed by atoms with van der Waals surface area (Å²) in [6, 6.07) is 11.0. The Kier molecular flexibility index (Phi) is 6.93. The molecule has 0 bridgehead atoms. The number of hydrazone groups is 1. The number of para-hydroxylation sites is 1. The van der Waals surface area contributed by atoms with E-state index in [0.717, 1.165) is 5.69 Å². The van der Waals surface area contributed by atoms with E-state index in [1.54, 1.807) is 26.5 Å². The maximum atomic E-state index is 12.0. The molecule has 0 spiro atoms. The lowest BCUT2D eigenvalue weighted by Crippen LogP contribution is -2.19. The summed E-state index contributed by atoms with van der Waals surface area (Å²) >= 11 is 2.68. The van der Waals surface area contributed by atoms with E-state index in [-0.39, 0.29) is 11.7 Å². The van der Waals surface area contributed by atoms with Gasteiger partial charge < -0.3 is 9.47 Å². The second-order valence-electron chi connectivity index (χ2n) is 5.25. The number of carbonyl (C=O) groups excluding carboxylic acids is 1. The molecule has 3 rings (SSSR count). The van der Waals surface area contributed by atoms with Gasteiger partial charge in [0.2, 0.25) is 0 Å². The van der Waals surface area contributed by atoms with E-state index >= 15 is 0 Å². The number of aromatic nitrogens is 3. The molecule has 0 aliphatic heterocycles. The van der Waals surface area contributed by atoms with Crippen LogP contribution in [0.5, 0.6) is 11.5 Å². The minimum atomic E-state index is -0.252. The Hall–Kier alpha value is -2.98. The molecule has 1 amide bonds. The van der Waals surface area contributed by atoms with Crippen molar-refractivity contribution in [2.75, 3.05) is 20.0 Å². The molecule has 1 N–H and O–H groups in total. The third-order valence-electron chi connectivity index (χ3n) is 3.44. The summed E-state index contributed by atoms with van der Waals surface area (Å²) in [6.45, 7) is 0. The van der Waals surface area contributed by atoms with E-state index < -0.39 is 0 Å². The van der Waals surface area contributed by atoms with Crippen molar-refractivity contribution in [2.45, 2.75) is 4.34 Å². The highest BCUT2D eigenvalue weighted by molar-refractivity contribution is 8.01. The van der Waals surface area contributed by atoms with Crippen molar-refractivity contribution in [1.29, 1.82) is 0 Å². The quantitative estimate of drug-likeness (QED) is 0.343. The van der Waals surface area contributed by atoms with Gasteiger partial charge in [0.25, 0.3) is 5.91 Å². The van der Waals surface area contributed by atoms with E-state index in [0.29, 0.717) is 26.4 Å². The van der Waals surface area contributed by atoms with Gasteiger partial charge in [-0.1, -0.05) is 35.2 Å². The van der Waals surface area contributed by atoms with Crippen LogP contribution in [0.2, 0.25) is 0 Å². The van der Waals surface area contributed by atoms with Gasteiger partial charge in [-0.05, 0) is 24.3 Å². The van der Waals surface area contributed by atoms with Crippen LogP contribution >= 0.6 is 23.1 Å². The van der Waals surface area contributed by atoms with Crippen LogP contribution in [0.4, 0.5) is 0 Å². The van der Waals surface area contributed by atoms with E-state index in [1.165, 1.54) is 29.3 Å². The molecule has 10 heteroatoms. The van der Waals surface area contributed by atoms with Gasteiger partial charge in [-0.2, -0.15) is 5.10 Å². The van der Waals surface area contributed by atoms with Crippen molar-refractivity contribution >= 4 is 35.2 Å². The number of thioether (sulfide) groups is 1. The summed E-state index contributed by atoms with van der Waals surface area (Å²) in [6.07, 6.45) is 3.21. The molecule has 0 atom stereocenters. The Bertz CT molecular complexity index is 963. The molecule has 2 aromatic heterocycles. The van der Waals surface area contributed by atoms with Crippen LogP contribution in [-0.4, -0.2) is 47.3 Å². The van der Waals surface area contributed by atoms with E-state index in [2.05, 4.69) is 25.7 Å². The fourth-order valence-electron chi connectivity index (χ4n) is 2.21. The first-order valence-electron chi connectivity index (χ1n) is 8.12. The first-order valence-corrected chi connectivity index (χ1v) is 9.92. The standard InChI is InChI=1S/C18H17N5O3S2/c1-25-14-8-5-6-12(16(14)26-2)10-20-21-15(24)11-27-18-23-22-17(28-18)13-7-3-4-9-19-13/h3-10H,11H2,1-2H3,(H,21,24)/b20-10-. The van der Waals surface area contributed by atoms with Gasteiger partial charge in [0, 0.05) is 11.8 Å². The number of pyridine rings is 1. The Morgan fingerprint density at radius 2 is 2.11 bits per heavy atom. The molecule has 0 fully saturated rings. The summed E-state index contributed by atoms with van der Waals surface area (Å²) in [7, 11) is 3.11. The van der Waals surface area contributed by atoms with Gasteiger partial charge in [0.1, 0.15) is 5.69 Å². The average molecular weight is 416 g/mol. The molecule has 0 saturated carbocycles. The topological polar surface area (TPSA) is 98.6 Å². The Balaban J connectivity index is 1.53. The van der Waals surface area contributed by atoms with E-state index in [9.17, 15) is 4.79 Å². The number of rotatable bonds is 8. The fourth-order valence-corrected chi connectivity index (χ4v) is 3.83. The smallest absolute Gasteiger partial charge is 0.250 e. The second-order valence-corrected chi connectivity index (χ2v) is 7.45. The van der Waals surface area contributed by atoms with Crippen molar-refractivity contribution in [3.63, 3.8) is 0 Å². The first-order chi connectivity index (χ1) is 13.7. The molecule has 144 valence electrons. The van der Waals surface area contributed by atoms with Gasteiger partial charge in [0.15, 0.2) is 20.8 Å². The van der Waals surface area contributed by atoms with Gasteiger partial charge in [-0.25, -0.2) is 5.43 Å². The predicted molar refractivity (Wildman–Crippen MR) is 109 cm³/mol. The van der Waals surface area contributed by atoms with Gasteiger partial charge in [-0.15, -0.1) is 10.2 Å². The Morgan fingerprint density at radius 3 is 2.86 bits per heavy atom. The second kappa shape index (κ2) is 9.81. The minimum Gasteiger partial charge on any atom is -0.493 e. The van der Waals surface area contributed by atoms with Gasteiger partial charge in [0.05, 0.1) is 26.2 Å². The van der Waals surface area contributed by atoms with Crippen molar-refractivity contribution in [2.24, 2.45) is 5.10 Å². The van der Waals surface area contributed by atoms with Crippen LogP contribution in [0.15, 0.2) is 52.0 Å². The molecule has 28 heavy (non-hydrogen) atoms. The van der Waals surface area contributed by atoms with Crippen LogP contribution < -0.4 is 14.9 Å². The number of methoxy groups -OCH3 is 2. The van der Waals surface area contributed by atoms with Crippen molar-refractivity contribution in [3.05, 3.63) is 48.2 Å². The Morgan fingerprint density at radius 1 is 1.21 bits per heavy atom. The lowest BCUT2D eigenvalue weighted by molar-refractivity contribution is -0.118. The first kappa shape index (κ1) is 19.8. The molecule has 0 aliphatic carbocycles. The largest absolute Gasteiger partial charge is 0.493 e. The van der Waals surface area contributed by atoms with Crippen LogP contribution in [0.1, 0.15) is 5.56 Å². The highest BCUT2D eigenvalue weighted by atomic mass is 32.2. The molecule has 3 aromatic rings. The SMILES string of the molecule is COc1cccc(/C=N\NC(=O)CSc2nnc(-c3ccccn3)s2)c1OC. The number of ether oxygens (including phenoxy) is 2. The molecule has 8 nitrogen and oxygen atoms in total. The molecule has 0 aliphatic rings. The molecular weight excluding hydrogens is 398 g/mol. The zero-order chi connectivity index (χ0) is 19.8. The molecule has 0 saturated heterocycles.